The molecule has 112 valence electrons. The van der Waals surface area contributed by atoms with Crippen molar-refractivity contribution in [1.82, 2.24) is 4.98 Å². The molecule has 0 aliphatic carbocycles. The topological polar surface area (TPSA) is 20.2 Å². The van der Waals surface area contributed by atoms with Gasteiger partial charge in [0.15, 0.2) is 0 Å². The van der Waals surface area contributed by atoms with Crippen LogP contribution in [0.5, 0.6) is 0 Å². The third kappa shape index (κ3) is 2.05. The van der Waals surface area contributed by atoms with Crippen LogP contribution in [0.2, 0.25) is 0 Å². The SMILES string of the molecule is CCCC1C[NH+]2CCSc3c([nH]c4ccccc34)C2(C)C1. The van der Waals surface area contributed by atoms with Gasteiger partial charge in [0.2, 0.25) is 0 Å². The summed E-state index contributed by atoms with van der Waals surface area (Å²) in [5.41, 5.74) is 3.12. The number of hydrogen-bond donors (Lipinski definition) is 2. The summed E-state index contributed by atoms with van der Waals surface area (Å²) < 4.78 is 0. The zero-order valence-electron chi connectivity index (χ0n) is 13.0. The molecule has 0 amide bonds. The number of para-hydroxylation sites is 1. The summed E-state index contributed by atoms with van der Waals surface area (Å²) in [4.78, 5) is 7.12. The van der Waals surface area contributed by atoms with Crippen molar-refractivity contribution in [3.63, 3.8) is 0 Å². The number of hydrogen-bond acceptors (Lipinski definition) is 1. The van der Waals surface area contributed by atoms with E-state index in [0.29, 0.717) is 0 Å². The number of benzene rings is 1. The molecule has 0 radical (unpaired) electrons. The van der Waals surface area contributed by atoms with Crippen LogP contribution in [-0.4, -0.2) is 23.8 Å². The standard InChI is InChI=1S/C18H24N2S/c1-3-6-13-11-18(2)17-16(21-10-9-20(18)12-13)14-7-4-5-8-15(14)19-17/h4-5,7-8,13,19H,3,6,9-12H2,1-2H3/p+1. The zero-order chi connectivity index (χ0) is 14.4. The molecule has 2 aliphatic rings. The van der Waals surface area contributed by atoms with Gasteiger partial charge >= 0.3 is 0 Å². The number of aromatic nitrogens is 1. The van der Waals surface area contributed by atoms with Crippen LogP contribution in [-0.2, 0) is 5.54 Å². The summed E-state index contributed by atoms with van der Waals surface area (Å²) in [6.07, 6.45) is 4.06. The molecular formula is C18H25N2S+. The molecule has 0 bridgehead atoms. The molecule has 1 fully saturated rings. The monoisotopic (exact) mass is 301 g/mol. The minimum Gasteiger partial charge on any atom is -0.352 e. The molecule has 0 saturated carbocycles. The third-order valence-electron chi connectivity index (χ3n) is 5.57. The van der Waals surface area contributed by atoms with Crippen LogP contribution in [0, 0.1) is 5.92 Å². The van der Waals surface area contributed by atoms with E-state index in [4.69, 9.17) is 0 Å². The first-order chi connectivity index (χ1) is 10.2. The van der Waals surface area contributed by atoms with Crippen LogP contribution < -0.4 is 4.90 Å². The van der Waals surface area contributed by atoms with E-state index in [0.717, 1.165) is 5.92 Å². The van der Waals surface area contributed by atoms with Crippen molar-refractivity contribution in [1.29, 1.82) is 0 Å². The highest BCUT2D eigenvalue weighted by Gasteiger charge is 2.50. The highest BCUT2D eigenvalue weighted by Crippen LogP contribution is 2.42. The van der Waals surface area contributed by atoms with Gasteiger partial charge in [-0.25, -0.2) is 0 Å². The molecule has 1 saturated heterocycles. The van der Waals surface area contributed by atoms with Gasteiger partial charge in [-0.15, -0.1) is 11.8 Å². The van der Waals surface area contributed by atoms with Gasteiger partial charge < -0.3 is 9.88 Å². The Labute approximate surface area is 131 Å². The molecule has 3 atom stereocenters. The maximum Gasteiger partial charge on any atom is 0.137 e. The Morgan fingerprint density at radius 1 is 1.38 bits per heavy atom. The number of rotatable bonds is 2. The van der Waals surface area contributed by atoms with Crippen molar-refractivity contribution in [2.45, 2.75) is 43.5 Å². The molecule has 4 rings (SSSR count). The molecule has 2 nitrogen and oxygen atoms in total. The minimum atomic E-state index is 0.289. The van der Waals surface area contributed by atoms with Crippen molar-refractivity contribution in [3.05, 3.63) is 30.0 Å². The maximum atomic E-state index is 3.79. The summed E-state index contributed by atoms with van der Waals surface area (Å²) in [6, 6.07) is 8.82. The van der Waals surface area contributed by atoms with Crippen molar-refractivity contribution in [2.24, 2.45) is 5.92 Å². The summed E-state index contributed by atoms with van der Waals surface area (Å²) in [7, 11) is 0. The second-order valence-electron chi connectivity index (χ2n) is 6.97. The lowest BCUT2D eigenvalue weighted by atomic mass is 9.89. The fourth-order valence-electron chi connectivity index (χ4n) is 4.57. The molecule has 3 unspecified atom stereocenters. The second kappa shape index (κ2) is 5.06. The molecule has 21 heavy (non-hydrogen) atoms. The Morgan fingerprint density at radius 2 is 2.24 bits per heavy atom. The van der Waals surface area contributed by atoms with Crippen LogP contribution in [0.3, 0.4) is 0 Å². The molecule has 1 aromatic heterocycles. The van der Waals surface area contributed by atoms with E-state index in [1.165, 1.54) is 59.6 Å². The number of thioether (sulfide) groups is 1. The lowest BCUT2D eigenvalue weighted by molar-refractivity contribution is -0.944. The van der Waals surface area contributed by atoms with E-state index in [2.05, 4.69) is 54.9 Å². The van der Waals surface area contributed by atoms with Crippen LogP contribution >= 0.6 is 11.8 Å². The van der Waals surface area contributed by atoms with E-state index in [-0.39, 0.29) is 5.54 Å². The molecule has 1 aromatic carbocycles. The van der Waals surface area contributed by atoms with Crippen molar-refractivity contribution in [3.8, 4) is 0 Å². The van der Waals surface area contributed by atoms with Gasteiger partial charge in [0.05, 0.1) is 18.8 Å². The number of aromatic amines is 1. The van der Waals surface area contributed by atoms with Gasteiger partial charge in [0, 0.05) is 33.9 Å². The predicted octanol–water partition coefficient (Wildman–Crippen LogP) is 3.19. The van der Waals surface area contributed by atoms with Gasteiger partial charge in [-0.2, -0.15) is 0 Å². The normalized spacial score (nSPS) is 31.9. The summed E-state index contributed by atoms with van der Waals surface area (Å²) in [5, 5.41) is 1.43. The van der Waals surface area contributed by atoms with E-state index in [9.17, 15) is 0 Å². The first-order valence-corrected chi connectivity index (χ1v) is 9.30. The zero-order valence-corrected chi connectivity index (χ0v) is 13.9. The van der Waals surface area contributed by atoms with E-state index >= 15 is 0 Å². The van der Waals surface area contributed by atoms with Gasteiger partial charge in [-0.1, -0.05) is 31.5 Å². The molecule has 3 heteroatoms. The Kier molecular flexibility index (Phi) is 3.31. The molecule has 0 spiro atoms. The van der Waals surface area contributed by atoms with Crippen LogP contribution in [0.4, 0.5) is 0 Å². The number of H-pyrrole nitrogens is 1. The molecular weight excluding hydrogens is 276 g/mol. The molecule has 2 aromatic rings. The van der Waals surface area contributed by atoms with Crippen LogP contribution in [0.25, 0.3) is 10.9 Å². The van der Waals surface area contributed by atoms with Gasteiger partial charge in [-0.3, -0.25) is 0 Å². The first kappa shape index (κ1) is 13.7. The largest absolute Gasteiger partial charge is 0.352 e. The fraction of sp³-hybridized carbons (Fsp3) is 0.556. The maximum absolute atomic E-state index is 3.79. The third-order valence-corrected chi connectivity index (χ3v) is 6.69. The average Bonchev–Trinajstić information content (AvgIpc) is 2.96. The van der Waals surface area contributed by atoms with Gasteiger partial charge in [-0.05, 0) is 19.4 Å². The minimum absolute atomic E-state index is 0.289. The summed E-state index contributed by atoms with van der Waals surface area (Å²) in [5.74, 6) is 2.15. The van der Waals surface area contributed by atoms with E-state index in [1.807, 2.05) is 0 Å². The van der Waals surface area contributed by atoms with E-state index < -0.39 is 0 Å². The summed E-state index contributed by atoms with van der Waals surface area (Å²) in [6.45, 7) is 7.49. The predicted molar refractivity (Wildman–Crippen MR) is 90.1 cm³/mol. The highest BCUT2D eigenvalue weighted by molar-refractivity contribution is 7.99. The quantitative estimate of drug-likeness (QED) is 0.873. The Morgan fingerprint density at radius 3 is 3.10 bits per heavy atom. The lowest BCUT2D eigenvalue weighted by Crippen LogP contribution is -3.16. The number of quaternary nitrogens is 1. The van der Waals surface area contributed by atoms with Crippen molar-refractivity contribution >= 4 is 22.7 Å². The number of nitrogens with one attached hydrogen (secondary N) is 2. The number of fused-ring (bicyclic) bond motifs is 5. The lowest BCUT2D eigenvalue weighted by Gasteiger charge is -2.29. The Bertz CT molecular complexity index is 662. The molecule has 2 aliphatic heterocycles. The van der Waals surface area contributed by atoms with Gasteiger partial charge in [0.1, 0.15) is 5.54 Å². The van der Waals surface area contributed by atoms with Crippen LogP contribution in [0.15, 0.2) is 29.2 Å². The Balaban J connectivity index is 1.83. The average molecular weight is 301 g/mol. The second-order valence-corrected chi connectivity index (χ2v) is 8.08. The summed E-state index contributed by atoms with van der Waals surface area (Å²) >= 11 is 2.06. The smallest absolute Gasteiger partial charge is 0.137 e. The first-order valence-electron chi connectivity index (χ1n) is 8.31. The van der Waals surface area contributed by atoms with Crippen LogP contribution in [0.1, 0.15) is 38.8 Å². The van der Waals surface area contributed by atoms with E-state index in [1.54, 1.807) is 4.90 Å². The molecule has 2 N–H and O–H groups in total. The van der Waals surface area contributed by atoms with Crippen molar-refractivity contribution < 1.29 is 4.90 Å². The van der Waals surface area contributed by atoms with Crippen molar-refractivity contribution in [2.75, 3.05) is 18.8 Å². The molecule has 3 heterocycles. The fourth-order valence-corrected chi connectivity index (χ4v) is 5.87. The Hall–Kier alpha value is -0.930. The van der Waals surface area contributed by atoms with Gasteiger partial charge in [0.25, 0.3) is 0 Å². The highest BCUT2D eigenvalue weighted by atomic mass is 32.2.